The molecule has 34 heavy (non-hydrogen) atoms. The summed E-state index contributed by atoms with van der Waals surface area (Å²) in [6.45, 7) is 5.85. The molecule has 0 aliphatic carbocycles. The van der Waals surface area contributed by atoms with Gasteiger partial charge in [-0.2, -0.15) is 0 Å². The number of hydrogen-bond acceptors (Lipinski definition) is 1. The lowest BCUT2D eigenvalue weighted by atomic mass is 9.91. The average molecular weight is 476 g/mol. The van der Waals surface area contributed by atoms with E-state index in [1.54, 1.807) is 0 Å². The molecule has 202 valence electrons. The zero-order valence-corrected chi connectivity index (χ0v) is 24.3. The topological polar surface area (TPSA) is 3.24 Å². The van der Waals surface area contributed by atoms with Gasteiger partial charge in [-0.05, 0) is 65.1 Å². The standard InChI is InChI=1S/C33H65N/c1-5-7-9-11-13-14-15-16-17-18-19-20-21-22-24-26-28-30-33(31-32-34(3)4)29-27-25-23-12-10-8-6-2/h13-14,16-17,33H,5-12,15,18-32H2,1-4H3/b14-13-,17-16-. The quantitative estimate of drug-likeness (QED) is 0.0843. The summed E-state index contributed by atoms with van der Waals surface area (Å²) in [7, 11) is 4.46. The first-order valence-electron chi connectivity index (χ1n) is 15.6. The van der Waals surface area contributed by atoms with Crippen LogP contribution in [0.5, 0.6) is 0 Å². The molecule has 0 heterocycles. The Labute approximate surface area is 217 Å². The molecule has 0 N–H and O–H groups in total. The summed E-state index contributed by atoms with van der Waals surface area (Å²) in [5.74, 6) is 0.969. The minimum absolute atomic E-state index is 0.969. The maximum atomic E-state index is 2.40. The van der Waals surface area contributed by atoms with E-state index in [1.165, 1.54) is 148 Å². The van der Waals surface area contributed by atoms with Crippen LogP contribution in [0.1, 0.15) is 162 Å². The summed E-state index contributed by atoms with van der Waals surface area (Å²) in [5.41, 5.74) is 0. The molecule has 0 aromatic heterocycles. The summed E-state index contributed by atoms with van der Waals surface area (Å²) >= 11 is 0. The third kappa shape index (κ3) is 27.7. The molecular weight excluding hydrogens is 410 g/mol. The molecule has 0 spiro atoms. The molecule has 1 atom stereocenters. The van der Waals surface area contributed by atoms with Gasteiger partial charge in [0.1, 0.15) is 0 Å². The highest BCUT2D eigenvalue weighted by Crippen LogP contribution is 2.22. The summed E-state index contributed by atoms with van der Waals surface area (Å²) in [6, 6.07) is 0. The van der Waals surface area contributed by atoms with Gasteiger partial charge in [0, 0.05) is 0 Å². The third-order valence-electron chi connectivity index (χ3n) is 7.26. The Kier molecular flexibility index (Phi) is 28.2. The lowest BCUT2D eigenvalue weighted by Crippen LogP contribution is -2.17. The van der Waals surface area contributed by atoms with Crippen molar-refractivity contribution in [3.05, 3.63) is 24.3 Å². The van der Waals surface area contributed by atoms with Crippen LogP contribution in [0.4, 0.5) is 0 Å². The van der Waals surface area contributed by atoms with Crippen molar-refractivity contribution in [3.8, 4) is 0 Å². The van der Waals surface area contributed by atoms with Gasteiger partial charge in [-0.15, -0.1) is 0 Å². The lowest BCUT2D eigenvalue weighted by Gasteiger charge is -2.19. The summed E-state index contributed by atoms with van der Waals surface area (Å²) in [5, 5.41) is 0. The van der Waals surface area contributed by atoms with E-state index in [9.17, 15) is 0 Å². The fourth-order valence-corrected chi connectivity index (χ4v) is 4.86. The van der Waals surface area contributed by atoms with Gasteiger partial charge in [-0.3, -0.25) is 0 Å². The second-order valence-corrected chi connectivity index (χ2v) is 11.1. The molecule has 0 aliphatic rings. The van der Waals surface area contributed by atoms with Crippen molar-refractivity contribution in [3.63, 3.8) is 0 Å². The highest BCUT2D eigenvalue weighted by molar-refractivity contribution is 4.92. The molecule has 0 amide bonds. The Bertz CT molecular complexity index is 422. The van der Waals surface area contributed by atoms with Gasteiger partial charge in [0.25, 0.3) is 0 Å². The molecule has 1 unspecified atom stereocenters. The van der Waals surface area contributed by atoms with Crippen LogP contribution in [0.15, 0.2) is 24.3 Å². The van der Waals surface area contributed by atoms with Crippen molar-refractivity contribution in [1.29, 1.82) is 0 Å². The summed E-state index contributed by atoms with van der Waals surface area (Å²) < 4.78 is 0. The Morgan fingerprint density at radius 2 is 0.882 bits per heavy atom. The van der Waals surface area contributed by atoms with Crippen molar-refractivity contribution in [2.45, 2.75) is 162 Å². The van der Waals surface area contributed by atoms with Crippen LogP contribution in [0.3, 0.4) is 0 Å². The zero-order chi connectivity index (χ0) is 25.0. The molecule has 1 nitrogen and oxygen atoms in total. The number of hydrogen-bond donors (Lipinski definition) is 0. The molecule has 1 heteroatoms. The SMILES string of the molecule is CCCCC/C=C\C/C=C\CCCCCCCCCC(CCCCCCCCC)CCN(C)C. The predicted octanol–water partition coefficient (Wildman–Crippen LogP) is 11.3. The lowest BCUT2D eigenvalue weighted by molar-refractivity contribution is 0.314. The molecule has 0 aromatic carbocycles. The van der Waals surface area contributed by atoms with Crippen LogP contribution in [0.25, 0.3) is 0 Å². The Morgan fingerprint density at radius 3 is 1.38 bits per heavy atom. The molecule has 0 fully saturated rings. The first-order valence-corrected chi connectivity index (χ1v) is 15.6. The summed E-state index contributed by atoms with van der Waals surface area (Å²) in [4.78, 5) is 2.37. The van der Waals surface area contributed by atoms with E-state index < -0.39 is 0 Å². The van der Waals surface area contributed by atoms with Crippen LogP contribution >= 0.6 is 0 Å². The maximum Gasteiger partial charge on any atom is -0.00222 e. The van der Waals surface area contributed by atoms with Crippen LogP contribution in [-0.4, -0.2) is 25.5 Å². The second-order valence-electron chi connectivity index (χ2n) is 11.1. The van der Waals surface area contributed by atoms with E-state index in [-0.39, 0.29) is 0 Å². The molecule has 0 radical (unpaired) electrons. The first-order chi connectivity index (χ1) is 16.7. The van der Waals surface area contributed by atoms with Gasteiger partial charge in [-0.25, -0.2) is 0 Å². The fraction of sp³-hybridized carbons (Fsp3) is 0.879. The third-order valence-corrected chi connectivity index (χ3v) is 7.26. The van der Waals surface area contributed by atoms with Crippen LogP contribution in [-0.2, 0) is 0 Å². The van der Waals surface area contributed by atoms with Gasteiger partial charge in [0.15, 0.2) is 0 Å². The highest BCUT2D eigenvalue weighted by Gasteiger charge is 2.09. The number of allylic oxidation sites excluding steroid dienone is 4. The van der Waals surface area contributed by atoms with Crippen molar-refractivity contribution in [1.82, 2.24) is 4.90 Å². The van der Waals surface area contributed by atoms with Gasteiger partial charge < -0.3 is 4.90 Å². The van der Waals surface area contributed by atoms with Gasteiger partial charge >= 0.3 is 0 Å². The van der Waals surface area contributed by atoms with Crippen molar-refractivity contribution >= 4 is 0 Å². The monoisotopic (exact) mass is 476 g/mol. The smallest absolute Gasteiger partial charge is 0.00222 e. The molecule has 0 aromatic rings. The van der Waals surface area contributed by atoms with Crippen LogP contribution in [0.2, 0.25) is 0 Å². The minimum Gasteiger partial charge on any atom is -0.309 e. The van der Waals surface area contributed by atoms with Crippen molar-refractivity contribution in [2.24, 2.45) is 5.92 Å². The fourth-order valence-electron chi connectivity index (χ4n) is 4.86. The van der Waals surface area contributed by atoms with E-state index in [2.05, 4.69) is 57.1 Å². The van der Waals surface area contributed by atoms with Gasteiger partial charge in [0.05, 0.1) is 0 Å². The van der Waals surface area contributed by atoms with E-state index in [0.29, 0.717) is 0 Å². The maximum absolute atomic E-state index is 2.40. The normalized spacial score (nSPS) is 13.1. The molecule has 0 rings (SSSR count). The molecule has 0 saturated carbocycles. The van der Waals surface area contributed by atoms with E-state index >= 15 is 0 Å². The van der Waals surface area contributed by atoms with Crippen molar-refractivity contribution in [2.75, 3.05) is 20.6 Å². The summed E-state index contributed by atoms with van der Waals surface area (Å²) in [6.07, 6.45) is 41.7. The molecular formula is C33H65N. The van der Waals surface area contributed by atoms with E-state index in [1.807, 2.05) is 0 Å². The van der Waals surface area contributed by atoms with Crippen LogP contribution in [0, 0.1) is 5.92 Å². The number of rotatable bonds is 27. The largest absolute Gasteiger partial charge is 0.309 e. The Balaban J connectivity index is 3.61. The number of unbranched alkanes of at least 4 members (excludes halogenated alkanes) is 16. The van der Waals surface area contributed by atoms with E-state index in [4.69, 9.17) is 0 Å². The first kappa shape index (κ1) is 33.4. The second kappa shape index (κ2) is 28.7. The zero-order valence-electron chi connectivity index (χ0n) is 24.3. The Hall–Kier alpha value is -0.560. The molecule has 0 saturated heterocycles. The van der Waals surface area contributed by atoms with Crippen molar-refractivity contribution < 1.29 is 0 Å². The predicted molar refractivity (Wildman–Crippen MR) is 158 cm³/mol. The Morgan fingerprint density at radius 1 is 0.471 bits per heavy atom. The minimum atomic E-state index is 0.969. The average Bonchev–Trinajstić information content (AvgIpc) is 2.83. The highest BCUT2D eigenvalue weighted by atomic mass is 15.0. The number of nitrogens with zero attached hydrogens (tertiary/aromatic N) is 1. The van der Waals surface area contributed by atoms with E-state index in [0.717, 1.165) is 12.3 Å². The van der Waals surface area contributed by atoms with Gasteiger partial charge in [-0.1, -0.05) is 147 Å². The molecule has 0 aliphatic heterocycles. The molecule has 0 bridgehead atoms. The van der Waals surface area contributed by atoms with Crippen LogP contribution < -0.4 is 0 Å². The van der Waals surface area contributed by atoms with Gasteiger partial charge in [0.2, 0.25) is 0 Å².